The average molecular weight is 859 g/mol. The molecule has 3 heterocycles. The van der Waals surface area contributed by atoms with Gasteiger partial charge in [-0.25, -0.2) is 9.59 Å². The molecule has 0 radical (unpaired) electrons. The number of rotatable bonds is 0. The first-order chi connectivity index (χ1) is 29.5. The van der Waals surface area contributed by atoms with E-state index in [1.807, 2.05) is 6.92 Å². The highest BCUT2D eigenvalue weighted by Gasteiger charge is 2.62. The number of ether oxygens (including phenoxy) is 5. The highest BCUT2D eigenvalue weighted by molar-refractivity contribution is 5.76. The molecule has 0 spiro atoms. The highest BCUT2D eigenvalue weighted by atomic mass is 16.6. The maximum Gasteiger partial charge on any atom is 0.407 e. The molecule has 2 aliphatic carbocycles. The third-order valence-electron chi connectivity index (χ3n) is 13.8. The van der Waals surface area contributed by atoms with Crippen molar-refractivity contribution in [2.75, 3.05) is 59.1 Å². The predicted molar refractivity (Wildman–Crippen MR) is 237 cm³/mol. The van der Waals surface area contributed by atoms with E-state index in [0.717, 1.165) is 134 Å². The number of carbonyl (C=O) groups is 3. The number of epoxide rings is 1. The number of carbonyl (C=O) groups excluding carboxylic acids is 3. The molecule has 3 fully saturated rings. The van der Waals surface area contributed by atoms with Crippen LogP contribution in [0.15, 0.2) is 23.3 Å². The van der Waals surface area contributed by atoms with Crippen LogP contribution >= 0.6 is 0 Å². The monoisotopic (exact) mass is 859 g/mol. The molecular weight excluding hydrogens is 777 g/mol. The second-order valence-corrected chi connectivity index (χ2v) is 19.2. The normalized spacial score (nSPS) is 37.1. The van der Waals surface area contributed by atoms with Gasteiger partial charge in [0, 0.05) is 38.5 Å². The van der Waals surface area contributed by atoms with Crippen molar-refractivity contribution in [1.82, 2.24) is 21.3 Å². The van der Waals surface area contributed by atoms with Crippen molar-refractivity contribution in [1.29, 1.82) is 0 Å². The second-order valence-electron chi connectivity index (χ2n) is 19.2. The van der Waals surface area contributed by atoms with Crippen LogP contribution in [0.1, 0.15) is 156 Å². The molecule has 3 saturated heterocycles. The summed E-state index contributed by atoms with van der Waals surface area (Å²) in [5.41, 5.74) is 1.07. The maximum atomic E-state index is 13.2. The Morgan fingerprint density at radius 1 is 0.689 bits per heavy atom. The van der Waals surface area contributed by atoms with Gasteiger partial charge in [0.2, 0.25) is 0 Å². The quantitative estimate of drug-likeness (QED) is 0.0698. The molecule has 2 amide bonds. The van der Waals surface area contributed by atoms with Crippen molar-refractivity contribution < 1.29 is 43.2 Å². The van der Waals surface area contributed by atoms with Crippen LogP contribution < -0.4 is 21.3 Å². The standard InChI is InChI=1S/C48H82N4O9/c1-36-20-21-37-18-16-24-47(2,56)32-41(36)57-31-30-49-26-12-8-4-5-9-13-27-50-33-40-39-23-22-38(19-17-25-48(3)43(61-48)42(39)60-44(40)53)35-59-46(55)52-29-15-11-7-6-10-14-28-51-45(54)58-34-37/h18-19,36,39-43,49-50,56H,4-17,20-35H2,1-3H3,(H,51,54)(H,52,55)/b37-18+,38-19+/t36-,39?,40+,41-,42+,43+,47-,48-/m1/s1. The molecule has 8 atom stereocenters. The lowest BCUT2D eigenvalue weighted by molar-refractivity contribution is -0.144. The fraction of sp³-hybridized carbons (Fsp3) is 0.854. The van der Waals surface area contributed by atoms with E-state index in [1.165, 1.54) is 19.3 Å². The Morgan fingerprint density at radius 3 is 1.89 bits per heavy atom. The number of esters is 1. The number of fused-ring (bicyclic) bond motifs is 8. The van der Waals surface area contributed by atoms with Gasteiger partial charge in [0.15, 0.2) is 0 Å². The minimum atomic E-state index is -0.825. The van der Waals surface area contributed by atoms with Crippen LogP contribution in [0.5, 0.6) is 0 Å². The number of hydrogen-bond acceptors (Lipinski definition) is 11. The van der Waals surface area contributed by atoms with Crippen molar-refractivity contribution >= 4 is 18.2 Å². The lowest BCUT2D eigenvalue weighted by Gasteiger charge is -2.33. The highest BCUT2D eigenvalue weighted by Crippen LogP contribution is 2.50. The summed E-state index contributed by atoms with van der Waals surface area (Å²) in [5, 5.41) is 24.2. The molecule has 5 aliphatic rings. The van der Waals surface area contributed by atoms with Gasteiger partial charge in [-0.3, -0.25) is 4.79 Å². The number of hydrogen-bond donors (Lipinski definition) is 5. The molecule has 4 bridgehead atoms. The van der Waals surface area contributed by atoms with E-state index in [-0.39, 0.29) is 66.9 Å². The Balaban J connectivity index is 1.08. The number of allylic oxidation sites excluding steroid dienone is 2. The summed E-state index contributed by atoms with van der Waals surface area (Å²) in [4.78, 5) is 38.3. The van der Waals surface area contributed by atoms with Crippen LogP contribution in [-0.2, 0) is 28.5 Å². The van der Waals surface area contributed by atoms with E-state index < -0.39 is 11.7 Å². The topological polar surface area (TPSA) is 169 Å². The number of nitrogens with one attached hydrogen (secondary N) is 4. The van der Waals surface area contributed by atoms with E-state index in [1.54, 1.807) is 0 Å². The van der Waals surface area contributed by atoms with Crippen molar-refractivity contribution in [2.24, 2.45) is 17.8 Å². The van der Waals surface area contributed by atoms with Gasteiger partial charge in [-0.2, -0.15) is 0 Å². The maximum absolute atomic E-state index is 13.2. The minimum Gasteiger partial charge on any atom is -0.459 e. The Morgan fingerprint density at radius 2 is 1.25 bits per heavy atom. The molecule has 348 valence electrons. The van der Waals surface area contributed by atoms with Gasteiger partial charge < -0.3 is 50.1 Å². The molecular formula is C48H82N4O9. The van der Waals surface area contributed by atoms with Crippen molar-refractivity contribution in [3.05, 3.63) is 23.3 Å². The molecule has 61 heavy (non-hydrogen) atoms. The third kappa shape index (κ3) is 17.8. The molecule has 0 aromatic rings. The van der Waals surface area contributed by atoms with Crippen LogP contribution in [0.2, 0.25) is 0 Å². The van der Waals surface area contributed by atoms with Gasteiger partial charge >= 0.3 is 18.2 Å². The zero-order chi connectivity index (χ0) is 43.3. The first-order valence-corrected chi connectivity index (χ1v) is 24.3. The number of alkyl carbamates (subject to hydrolysis) is 2. The lowest BCUT2D eigenvalue weighted by atomic mass is 9.80. The van der Waals surface area contributed by atoms with E-state index in [9.17, 15) is 19.5 Å². The fourth-order valence-corrected chi connectivity index (χ4v) is 9.63. The SMILES string of the molecule is C[C@@H]1CC/C2=C\CC[C@@](C)(O)C[C@H]1OCCNCCCCCCCCNC[C@@H]1C(=O)O[C@H]3C1CC/C(=C\CC[C@@]1(C)O[C@@H]31)COC(=O)NCCCCCCCCNC(=O)OC2. The van der Waals surface area contributed by atoms with Crippen molar-refractivity contribution in [2.45, 2.75) is 185 Å². The molecule has 0 saturated carbocycles. The van der Waals surface area contributed by atoms with Crippen molar-refractivity contribution in [3.8, 4) is 0 Å². The smallest absolute Gasteiger partial charge is 0.407 e. The van der Waals surface area contributed by atoms with E-state index in [2.05, 4.69) is 47.3 Å². The van der Waals surface area contributed by atoms with Crippen LogP contribution in [0.3, 0.4) is 0 Å². The van der Waals surface area contributed by atoms with Crippen LogP contribution in [0.25, 0.3) is 0 Å². The van der Waals surface area contributed by atoms with Gasteiger partial charge in [-0.1, -0.05) is 70.4 Å². The molecule has 1 unspecified atom stereocenters. The zero-order valence-corrected chi connectivity index (χ0v) is 38.0. The summed E-state index contributed by atoms with van der Waals surface area (Å²) in [5.74, 6) is -0.00940. The van der Waals surface area contributed by atoms with Gasteiger partial charge in [-0.15, -0.1) is 0 Å². The van der Waals surface area contributed by atoms with Crippen LogP contribution in [0.4, 0.5) is 9.59 Å². The number of cyclic esters (lactones) is 2. The third-order valence-corrected chi connectivity index (χ3v) is 13.8. The Hall–Kier alpha value is -2.71. The van der Waals surface area contributed by atoms with Crippen LogP contribution in [0, 0.1) is 17.8 Å². The summed E-state index contributed by atoms with van der Waals surface area (Å²) < 4.78 is 29.9. The number of aliphatic hydroxyl groups is 1. The van der Waals surface area contributed by atoms with Gasteiger partial charge in [-0.05, 0) is 121 Å². The van der Waals surface area contributed by atoms with Gasteiger partial charge in [0.1, 0.15) is 25.4 Å². The van der Waals surface area contributed by atoms with E-state index >= 15 is 0 Å². The summed E-state index contributed by atoms with van der Waals surface area (Å²) in [7, 11) is 0. The summed E-state index contributed by atoms with van der Waals surface area (Å²) in [6, 6.07) is 0. The molecule has 5 rings (SSSR count). The van der Waals surface area contributed by atoms with E-state index in [4.69, 9.17) is 23.7 Å². The van der Waals surface area contributed by atoms with Gasteiger partial charge in [0.25, 0.3) is 0 Å². The summed E-state index contributed by atoms with van der Waals surface area (Å²) in [6.07, 6.45) is 23.1. The summed E-state index contributed by atoms with van der Waals surface area (Å²) in [6.45, 7) is 11.8. The second kappa shape index (κ2) is 26.2. The largest absolute Gasteiger partial charge is 0.459 e. The lowest BCUT2D eigenvalue weighted by Crippen LogP contribution is -2.36. The summed E-state index contributed by atoms with van der Waals surface area (Å²) >= 11 is 0. The molecule has 5 N–H and O–H groups in total. The average Bonchev–Trinajstić information content (AvgIpc) is 3.80. The fourth-order valence-electron chi connectivity index (χ4n) is 9.63. The molecule has 13 heteroatoms. The minimum absolute atomic E-state index is 0.0332. The predicted octanol–water partition coefficient (Wildman–Crippen LogP) is 7.79. The van der Waals surface area contributed by atoms with Gasteiger partial charge in [0.05, 0.1) is 29.8 Å². The van der Waals surface area contributed by atoms with Crippen LogP contribution in [-0.4, -0.2) is 112 Å². The molecule has 0 aromatic heterocycles. The first-order valence-electron chi connectivity index (χ1n) is 24.3. The molecule has 13 nitrogen and oxygen atoms in total. The Labute approximate surface area is 367 Å². The van der Waals surface area contributed by atoms with Crippen molar-refractivity contribution in [3.63, 3.8) is 0 Å². The van der Waals surface area contributed by atoms with E-state index in [0.29, 0.717) is 39.1 Å². The molecule has 3 aliphatic heterocycles. The Bertz CT molecular complexity index is 1410. The number of amides is 2. The molecule has 0 aromatic carbocycles. The zero-order valence-electron chi connectivity index (χ0n) is 38.0. The first kappa shape index (κ1) is 49.3. The Kier molecular flexibility index (Phi) is 21.2.